The zero-order valence-corrected chi connectivity index (χ0v) is 16.1. The highest BCUT2D eigenvalue weighted by Gasteiger charge is 2.27. The number of hydrogen-bond donors (Lipinski definition) is 0. The van der Waals surface area contributed by atoms with E-state index < -0.39 is 12.0 Å². The number of likely N-dealkylation sites (tertiary alicyclic amines) is 1. The van der Waals surface area contributed by atoms with E-state index in [9.17, 15) is 13.6 Å². The number of piperidine rings is 1. The van der Waals surface area contributed by atoms with E-state index in [1.165, 1.54) is 12.3 Å². The molecule has 1 fully saturated rings. The van der Waals surface area contributed by atoms with Gasteiger partial charge in [-0.2, -0.15) is 0 Å². The van der Waals surface area contributed by atoms with Crippen LogP contribution in [0.5, 0.6) is 5.75 Å². The van der Waals surface area contributed by atoms with Crippen LogP contribution in [0.4, 0.5) is 13.6 Å². The Labute approximate surface area is 157 Å². The normalized spacial score (nSPS) is 16.0. The van der Waals surface area contributed by atoms with Crippen LogP contribution in [-0.4, -0.2) is 41.3 Å². The van der Waals surface area contributed by atoms with Gasteiger partial charge in [0.15, 0.2) is 0 Å². The molecule has 0 radical (unpaired) electrons. The van der Waals surface area contributed by atoms with Crippen LogP contribution in [0.2, 0.25) is 0 Å². The standard InChI is InChI=1S/C18H25ClF2N2O3/c1-18(2,3)26-17(24)23-6-4-12(5-7-23)11-25-15-10-22-13(9-19)8-14(15)16(20)21/h8,10,12,16H,4-7,9,11H2,1-3H3. The highest BCUT2D eigenvalue weighted by atomic mass is 35.5. The van der Waals surface area contributed by atoms with E-state index >= 15 is 0 Å². The Kier molecular flexibility index (Phi) is 7.03. The van der Waals surface area contributed by atoms with Crippen molar-refractivity contribution in [2.24, 2.45) is 5.92 Å². The molecule has 1 aromatic rings. The van der Waals surface area contributed by atoms with Crippen molar-refractivity contribution in [3.63, 3.8) is 0 Å². The summed E-state index contributed by atoms with van der Waals surface area (Å²) in [6.07, 6.45) is -0.205. The Hall–Kier alpha value is -1.63. The van der Waals surface area contributed by atoms with Crippen molar-refractivity contribution < 1.29 is 23.0 Å². The first-order chi connectivity index (χ1) is 12.2. The SMILES string of the molecule is CC(C)(C)OC(=O)N1CCC(COc2cnc(CCl)cc2C(F)F)CC1. The van der Waals surface area contributed by atoms with Crippen molar-refractivity contribution in [3.8, 4) is 5.75 Å². The van der Waals surface area contributed by atoms with Crippen LogP contribution in [0.3, 0.4) is 0 Å². The summed E-state index contributed by atoms with van der Waals surface area (Å²) in [5.41, 5.74) is -0.327. The monoisotopic (exact) mass is 390 g/mol. The molecule has 1 amide bonds. The van der Waals surface area contributed by atoms with Gasteiger partial charge in [-0.15, -0.1) is 11.6 Å². The second kappa shape index (κ2) is 8.84. The third-order valence-electron chi connectivity index (χ3n) is 4.07. The maximum Gasteiger partial charge on any atom is 0.410 e. The lowest BCUT2D eigenvalue weighted by atomic mass is 9.98. The molecule has 26 heavy (non-hydrogen) atoms. The van der Waals surface area contributed by atoms with Gasteiger partial charge in [-0.25, -0.2) is 13.6 Å². The lowest BCUT2D eigenvalue weighted by molar-refractivity contribution is 0.0163. The fourth-order valence-corrected chi connectivity index (χ4v) is 2.83. The van der Waals surface area contributed by atoms with Gasteiger partial charge in [0.25, 0.3) is 6.43 Å². The average Bonchev–Trinajstić information content (AvgIpc) is 2.58. The number of alkyl halides is 3. The molecule has 2 heterocycles. The Morgan fingerprint density at radius 1 is 1.38 bits per heavy atom. The number of amides is 1. The van der Waals surface area contributed by atoms with Crippen molar-refractivity contribution in [2.75, 3.05) is 19.7 Å². The summed E-state index contributed by atoms with van der Waals surface area (Å²) in [6, 6.07) is 1.28. The van der Waals surface area contributed by atoms with E-state index in [1.54, 1.807) is 4.90 Å². The number of aromatic nitrogens is 1. The lowest BCUT2D eigenvalue weighted by Crippen LogP contribution is -2.42. The molecule has 146 valence electrons. The molecule has 0 aromatic carbocycles. The van der Waals surface area contributed by atoms with E-state index in [4.69, 9.17) is 21.1 Å². The Morgan fingerprint density at radius 3 is 2.58 bits per heavy atom. The second-order valence-corrected chi connectivity index (χ2v) is 7.64. The number of ether oxygens (including phenoxy) is 2. The van der Waals surface area contributed by atoms with Crippen LogP contribution in [0.1, 0.15) is 51.3 Å². The van der Waals surface area contributed by atoms with E-state index in [0.717, 1.165) is 12.8 Å². The Bertz CT molecular complexity index is 615. The lowest BCUT2D eigenvalue weighted by Gasteiger charge is -2.33. The minimum absolute atomic E-state index is 0.0725. The Balaban J connectivity index is 1.86. The van der Waals surface area contributed by atoms with Crippen LogP contribution in [0.25, 0.3) is 0 Å². The van der Waals surface area contributed by atoms with Crippen molar-refractivity contribution in [1.29, 1.82) is 0 Å². The van der Waals surface area contributed by atoms with Crippen LogP contribution >= 0.6 is 11.6 Å². The third-order valence-corrected chi connectivity index (χ3v) is 4.34. The number of carbonyl (C=O) groups excluding carboxylic acids is 1. The number of pyridine rings is 1. The maximum absolute atomic E-state index is 13.2. The van der Waals surface area contributed by atoms with Gasteiger partial charge < -0.3 is 14.4 Å². The number of carbonyl (C=O) groups is 1. The molecular formula is C18H25ClF2N2O3. The number of hydrogen-bond acceptors (Lipinski definition) is 4. The number of nitrogens with zero attached hydrogens (tertiary/aromatic N) is 2. The largest absolute Gasteiger partial charge is 0.491 e. The minimum atomic E-state index is -2.65. The van der Waals surface area contributed by atoms with Gasteiger partial charge in [0, 0.05) is 13.1 Å². The fourth-order valence-electron chi connectivity index (χ4n) is 2.68. The fraction of sp³-hybridized carbons (Fsp3) is 0.667. The summed E-state index contributed by atoms with van der Waals surface area (Å²) < 4.78 is 37.3. The summed E-state index contributed by atoms with van der Waals surface area (Å²) in [6.45, 7) is 6.92. The summed E-state index contributed by atoms with van der Waals surface area (Å²) >= 11 is 5.64. The molecule has 0 aliphatic carbocycles. The molecule has 0 unspecified atom stereocenters. The maximum atomic E-state index is 13.2. The molecule has 0 bridgehead atoms. The molecule has 1 aromatic heterocycles. The van der Waals surface area contributed by atoms with Gasteiger partial charge in [0.2, 0.25) is 0 Å². The minimum Gasteiger partial charge on any atom is -0.491 e. The van der Waals surface area contributed by atoms with Gasteiger partial charge in [0.05, 0.1) is 29.9 Å². The van der Waals surface area contributed by atoms with E-state index in [0.29, 0.717) is 25.4 Å². The summed E-state index contributed by atoms with van der Waals surface area (Å²) in [5.74, 6) is 0.346. The smallest absolute Gasteiger partial charge is 0.410 e. The molecule has 1 aliphatic heterocycles. The molecule has 0 atom stereocenters. The molecule has 1 aliphatic rings. The van der Waals surface area contributed by atoms with Crippen molar-refractivity contribution in [2.45, 2.75) is 51.5 Å². The van der Waals surface area contributed by atoms with Crippen LogP contribution in [0.15, 0.2) is 12.3 Å². The molecule has 2 rings (SSSR count). The van der Waals surface area contributed by atoms with E-state index in [2.05, 4.69) is 4.98 Å². The van der Waals surface area contributed by atoms with Gasteiger partial charge in [0.1, 0.15) is 11.4 Å². The summed E-state index contributed by atoms with van der Waals surface area (Å²) in [7, 11) is 0. The zero-order chi connectivity index (χ0) is 19.3. The van der Waals surface area contributed by atoms with Gasteiger partial charge in [-0.1, -0.05) is 0 Å². The Morgan fingerprint density at radius 2 is 2.04 bits per heavy atom. The summed E-state index contributed by atoms with van der Waals surface area (Å²) in [4.78, 5) is 17.7. The predicted molar refractivity (Wildman–Crippen MR) is 94.8 cm³/mol. The first kappa shape index (κ1) is 20.7. The van der Waals surface area contributed by atoms with Crippen LogP contribution < -0.4 is 4.74 Å². The number of rotatable bonds is 5. The van der Waals surface area contributed by atoms with Crippen molar-refractivity contribution in [1.82, 2.24) is 9.88 Å². The highest BCUT2D eigenvalue weighted by molar-refractivity contribution is 6.16. The molecule has 5 nitrogen and oxygen atoms in total. The van der Waals surface area contributed by atoms with E-state index in [1.807, 2.05) is 20.8 Å². The molecule has 0 saturated carbocycles. The second-order valence-electron chi connectivity index (χ2n) is 7.37. The molecule has 0 N–H and O–H groups in total. The van der Waals surface area contributed by atoms with Crippen molar-refractivity contribution >= 4 is 17.7 Å². The first-order valence-corrected chi connectivity index (χ1v) is 9.16. The van der Waals surface area contributed by atoms with Crippen molar-refractivity contribution in [3.05, 3.63) is 23.5 Å². The van der Waals surface area contributed by atoms with Crippen LogP contribution in [0, 0.1) is 5.92 Å². The predicted octanol–water partition coefficient (Wildman–Crippen LogP) is 4.78. The quantitative estimate of drug-likeness (QED) is 0.678. The first-order valence-electron chi connectivity index (χ1n) is 8.63. The summed E-state index contributed by atoms with van der Waals surface area (Å²) in [5, 5.41) is 0. The van der Waals surface area contributed by atoms with Crippen LogP contribution in [-0.2, 0) is 10.6 Å². The van der Waals surface area contributed by atoms with Gasteiger partial charge in [-0.3, -0.25) is 4.98 Å². The molecule has 1 saturated heterocycles. The van der Waals surface area contributed by atoms with E-state index in [-0.39, 0.29) is 29.2 Å². The third kappa shape index (κ3) is 5.97. The molecule has 8 heteroatoms. The average molecular weight is 391 g/mol. The van der Waals surface area contributed by atoms with Gasteiger partial charge in [-0.05, 0) is 45.6 Å². The highest BCUT2D eigenvalue weighted by Crippen LogP contribution is 2.30. The zero-order valence-electron chi connectivity index (χ0n) is 15.3. The number of halogens is 3. The topological polar surface area (TPSA) is 51.7 Å². The van der Waals surface area contributed by atoms with Gasteiger partial charge >= 0.3 is 6.09 Å². The molecular weight excluding hydrogens is 366 g/mol. The molecule has 0 spiro atoms.